The van der Waals surface area contributed by atoms with Crippen LogP contribution >= 0.6 is 43.2 Å². The van der Waals surface area contributed by atoms with E-state index in [1.807, 2.05) is 13.8 Å². The van der Waals surface area contributed by atoms with Crippen LogP contribution in [0, 0.1) is 6.92 Å². The smallest absolute Gasteiger partial charge is 0.253 e. The number of hydrogen-bond acceptors (Lipinski definition) is 5. The summed E-state index contributed by atoms with van der Waals surface area (Å²) in [7, 11) is -3.70. The lowest BCUT2D eigenvalue weighted by atomic mass is 10.2. The van der Waals surface area contributed by atoms with E-state index in [4.69, 9.17) is 0 Å². The van der Waals surface area contributed by atoms with Gasteiger partial charge in [-0.05, 0) is 47.0 Å². The highest BCUT2D eigenvalue weighted by molar-refractivity contribution is 9.11. The molecule has 0 aliphatic carbocycles. The first-order valence-corrected chi connectivity index (χ1v) is 9.53. The first-order valence-electron chi connectivity index (χ1n) is 5.64. The van der Waals surface area contributed by atoms with Crippen molar-refractivity contribution in [3.8, 4) is 0 Å². The second kappa shape index (κ2) is 6.08. The molecule has 0 fully saturated rings. The average molecular weight is 441 g/mol. The van der Waals surface area contributed by atoms with E-state index in [2.05, 4.69) is 46.8 Å². The van der Waals surface area contributed by atoms with Crippen molar-refractivity contribution in [1.29, 1.82) is 0 Å². The molecule has 0 spiro atoms. The Morgan fingerprint density at radius 3 is 2.55 bits per heavy atom. The lowest BCUT2D eigenvalue weighted by Crippen LogP contribution is -2.13. The molecule has 9 heteroatoms. The summed E-state index contributed by atoms with van der Waals surface area (Å²) in [5.74, 6) is 0. The summed E-state index contributed by atoms with van der Waals surface area (Å²) in [6.45, 7) is 3.82. The molecule has 0 amide bonds. The third kappa shape index (κ3) is 3.38. The molecule has 0 radical (unpaired) electrons. The van der Waals surface area contributed by atoms with Gasteiger partial charge in [0.2, 0.25) is 5.13 Å². The molecule has 0 aliphatic rings. The van der Waals surface area contributed by atoms with Crippen LogP contribution < -0.4 is 4.72 Å². The molecule has 20 heavy (non-hydrogen) atoms. The van der Waals surface area contributed by atoms with Gasteiger partial charge in [0.1, 0.15) is 9.90 Å². The average Bonchev–Trinajstić information content (AvgIpc) is 2.80. The molecule has 1 N–H and O–H groups in total. The molecule has 0 atom stereocenters. The van der Waals surface area contributed by atoms with E-state index in [-0.39, 0.29) is 10.0 Å². The van der Waals surface area contributed by atoms with Crippen LogP contribution in [0.4, 0.5) is 5.13 Å². The third-order valence-electron chi connectivity index (χ3n) is 2.49. The summed E-state index contributed by atoms with van der Waals surface area (Å²) >= 11 is 7.84. The zero-order valence-electron chi connectivity index (χ0n) is 10.6. The van der Waals surface area contributed by atoms with Crippen LogP contribution in [0.25, 0.3) is 0 Å². The molecule has 0 saturated heterocycles. The van der Waals surface area contributed by atoms with Gasteiger partial charge in [-0.1, -0.05) is 34.2 Å². The summed E-state index contributed by atoms with van der Waals surface area (Å²) in [5.41, 5.74) is 0.944. The monoisotopic (exact) mass is 439 g/mol. The Labute approximate surface area is 138 Å². The Morgan fingerprint density at radius 1 is 1.25 bits per heavy atom. The zero-order chi connectivity index (χ0) is 14.9. The lowest BCUT2D eigenvalue weighted by Gasteiger charge is -2.09. The maximum Gasteiger partial charge on any atom is 0.264 e. The predicted molar refractivity (Wildman–Crippen MR) is 86.7 cm³/mol. The van der Waals surface area contributed by atoms with Crippen LogP contribution in [-0.4, -0.2) is 18.6 Å². The molecule has 108 valence electrons. The molecule has 0 aliphatic heterocycles. The summed E-state index contributed by atoms with van der Waals surface area (Å²) in [6, 6.07) is 3.31. The van der Waals surface area contributed by atoms with Gasteiger partial charge in [0.05, 0.1) is 0 Å². The molecule has 1 aromatic heterocycles. The van der Waals surface area contributed by atoms with E-state index in [9.17, 15) is 8.42 Å². The lowest BCUT2D eigenvalue weighted by molar-refractivity contribution is 0.600. The van der Waals surface area contributed by atoms with E-state index < -0.39 is 10.0 Å². The molecule has 1 aromatic carbocycles. The number of hydrogen-bond donors (Lipinski definition) is 1. The van der Waals surface area contributed by atoms with Gasteiger partial charge in [-0.15, -0.1) is 10.2 Å². The Balaban J connectivity index is 2.37. The third-order valence-corrected chi connectivity index (χ3v) is 6.76. The van der Waals surface area contributed by atoms with Crippen molar-refractivity contribution in [2.24, 2.45) is 0 Å². The molecule has 0 bridgehead atoms. The van der Waals surface area contributed by atoms with Gasteiger partial charge in [0.25, 0.3) is 10.0 Å². The summed E-state index contributed by atoms with van der Waals surface area (Å²) in [4.78, 5) is 0.156. The number of benzene rings is 1. The second-order valence-electron chi connectivity index (χ2n) is 3.99. The highest BCUT2D eigenvalue weighted by Gasteiger charge is 2.21. The van der Waals surface area contributed by atoms with Crippen molar-refractivity contribution in [1.82, 2.24) is 10.2 Å². The number of nitrogens with zero attached hydrogens (tertiary/aromatic N) is 2. The highest BCUT2D eigenvalue weighted by atomic mass is 79.9. The first kappa shape index (κ1) is 15.9. The van der Waals surface area contributed by atoms with Crippen LogP contribution in [0.5, 0.6) is 0 Å². The molecule has 2 rings (SSSR count). The van der Waals surface area contributed by atoms with Gasteiger partial charge in [-0.3, -0.25) is 4.72 Å². The van der Waals surface area contributed by atoms with E-state index in [0.29, 0.717) is 4.47 Å². The van der Waals surface area contributed by atoms with E-state index >= 15 is 0 Å². The normalized spacial score (nSPS) is 11.6. The SMILES string of the molecule is CCc1nnc(NS(=O)(=O)c2cc(Br)c(C)cc2Br)s1. The predicted octanol–water partition coefficient (Wildman–Crippen LogP) is 3.73. The number of aromatic nitrogens is 2. The fourth-order valence-electron chi connectivity index (χ4n) is 1.44. The number of aryl methyl sites for hydroxylation is 2. The topological polar surface area (TPSA) is 72.0 Å². The minimum Gasteiger partial charge on any atom is -0.253 e. The quantitative estimate of drug-likeness (QED) is 0.785. The van der Waals surface area contributed by atoms with Crippen LogP contribution in [0.2, 0.25) is 0 Å². The molecule has 0 unspecified atom stereocenters. The minimum atomic E-state index is -3.70. The number of anilines is 1. The summed E-state index contributed by atoms with van der Waals surface area (Å²) in [5, 5.41) is 8.76. The highest BCUT2D eigenvalue weighted by Crippen LogP contribution is 2.30. The van der Waals surface area contributed by atoms with Crippen molar-refractivity contribution >= 4 is 58.4 Å². The van der Waals surface area contributed by atoms with Gasteiger partial charge >= 0.3 is 0 Å². The minimum absolute atomic E-state index is 0.156. The zero-order valence-corrected chi connectivity index (χ0v) is 15.5. The number of sulfonamides is 1. The van der Waals surface area contributed by atoms with Gasteiger partial charge in [-0.25, -0.2) is 8.42 Å². The van der Waals surface area contributed by atoms with Gasteiger partial charge < -0.3 is 0 Å². The van der Waals surface area contributed by atoms with Crippen molar-refractivity contribution in [2.45, 2.75) is 25.2 Å². The maximum atomic E-state index is 12.4. The second-order valence-corrected chi connectivity index (χ2v) is 8.41. The van der Waals surface area contributed by atoms with Crippen molar-refractivity contribution < 1.29 is 8.42 Å². The largest absolute Gasteiger partial charge is 0.264 e. The van der Waals surface area contributed by atoms with Crippen LogP contribution in [-0.2, 0) is 16.4 Å². The van der Waals surface area contributed by atoms with Crippen molar-refractivity contribution in [2.75, 3.05) is 4.72 Å². The van der Waals surface area contributed by atoms with Gasteiger partial charge in [-0.2, -0.15) is 0 Å². The van der Waals surface area contributed by atoms with Crippen LogP contribution in [0.15, 0.2) is 26.0 Å². The first-order chi connectivity index (χ1) is 9.33. The van der Waals surface area contributed by atoms with Crippen molar-refractivity contribution in [3.05, 3.63) is 31.6 Å². The van der Waals surface area contributed by atoms with E-state index in [0.717, 1.165) is 21.5 Å². The number of nitrogens with one attached hydrogen (secondary N) is 1. The Kier molecular flexibility index (Phi) is 4.83. The fraction of sp³-hybridized carbons (Fsp3) is 0.273. The molecular weight excluding hydrogens is 430 g/mol. The molecule has 0 saturated carbocycles. The Hall–Kier alpha value is -0.510. The number of rotatable bonds is 4. The van der Waals surface area contributed by atoms with Crippen LogP contribution in [0.3, 0.4) is 0 Å². The summed E-state index contributed by atoms with van der Waals surface area (Å²) < 4.78 is 28.4. The number of halogens is 2. The van der Waals surface area contributed by atoms with Gasteiger partial charge in [0, 0.05) is 8.95 Å². The molecule has 5 nitrogen and oxygen atoms in total. The standard InChI is InChI=1S/C11H11Br2N3O2S2/c1-3-10-14-15-11(19-10)16-20(17,18)9-5-7(12)6(2)4-8(9)13/h4-5H,3H2,1-2H3,(H,15,16). The van der Waals surface area contributed by atoms with Crippen LogP contribution in [0.1, 0.15) is 17.5 Å². The van der Waals surface area contributed by atoms with Gasteiger partial charge in [0.15, 0.2) is 0 Å². The Morgan fingerprint density at radius 2 is 1.95 bits per heavy atom. The Bertz CT molecular complexity index is 744. The molecule has 1 heterocycles. The fourth-order valence-corrected chi connectivity index (χ4v) is 5.03. The summed E-state index contributed by atoms with van der Waals surface area (Å²) in [6.07, 6.45) is 0.721. The van der Waals surface area contributed by atoms with E-state index in [1.54, 1.807) is 12.1 Å². The molecular formula is C11H11Br2N3O2S2. The maximum absolute atomic E-state index is 12.4. The van der Waals surface area contributed by atoms with Crippen molar-refractivity contribution in [3.63, 3.8) is 0 Å². The van der Waals surface area contributed by atoms with E-state index in [1.165, 1.54) is 11.3 Å². The molecule has 2 aromatic rings.